The zero-order chi connectivity index (χ0) is 15.1. The van der Waals surface area contributed by atoms with E-state index in [0.29, 0.717) is 22.7 Å². The number of hydrogen-bond acceptors (Lipinski definition) is 6. The number of rotatable bonds is 4. The molecule has 0 amide bonds. The number of hydrogen-bond donors (Lipinski definition) is 0. The summed E-state index contributed by atoms with van der Waals surface area (Å²) in [5.41, 5.74) is 3.15. The molecular weight excluding hydrogens is 268 g/mol. The van der Waals surface area contributed by atoms with Gasteiger partial charge in [-0.25, -0.2) is 9.59 Å². The van der Waals surface area contributed by atoms with Gasteiger partial charge in [0.1, 0.15) is 0 Å². The van der Waals surface area contributed by atoms with Crippen molar-refractivity contribution in [1.82, 2.24) is 0 Å². The highest BCUT2D eigenvalue weighted by atomic mass is 16.1. The first-order chi connectivity index (χ1) is 10.2. The Morgan fingerprint density at radius 3 is 1.95 bits per heavy atom. The summed E-state index contributed by atoms with van der Waals surface area (Å²) in [6.45, 7) is 1.82. The maximum Gasteiger partial charge on any atom is 0.240 e. The van der Waals surface area contributed by atoms with Crippen molar-refractivity contribution >= 4 is 34.9 Å². The molecule has 0 aliphatic heterocycles. The van der Waals surface area contributed by atoms with Crippen molar-refractivity contribution in [2.45, 2.75) is 6.92 Å². The van der Waals surface area contributed by atoms with Gasteiger partial charge in [0.15, 0.2) is 0 Å². The van der Waals surface area contributed by atoms with Crippen LogP contribution in [0.15, 0.2) is 62.7 Å². The van der Waals surface area contributed by atoms with Crippen LogP contribution in [0.5, 0.6) is 0 Å². The Morgan fingerprint density at radius 2 is 1.33 bits per heavy atom. The molecule has 0 unspecified atom stereocenters. The van der Waals surface area contributed by atoms with Crippen molar-refractivity contribution in [3.05, 3.63) is 48.0 Å². The van der Waals surface area contributed by atoms with Crippen molar-refractivity contribution < 1.29 is 9.59 Å². The predicted molar refractivity (Wildman–Crippen MR) is 77.4 cm³/mol. The molecule has 0 atom stereocenters. The van der Waals surface area contributed by atoms with Crippen molar-refractivity contribution in [2.75, 3.05) is 0 Å². The summed E-state index contributed by atoms with van der Waals surface area (Å²) in [5, 5.41) is 8.16. The number of aryl methyl sites for hydroxylation is 1. The molecule has 0 saturated carbocycles. The van der Waals surface area contributed by atoms with Crippen molar-refractivity contribution in [2.24, 2.45) is 20.2 Å². The van der Waals surface area contributed by atoms with E-state index < -0.39 is 0 Å². The molecule has 0 radical (unpaired) electrons. The highest BCUT2D eigenvalue weighted by Crippen LogP contribution is 2.26. The molecule has 0 heterocycles. The van der Waals surface area contributed by atoms with Gasteiger partial charge in [0.2, 0.25) is 12.2 Å². The normalized spacial score (nSPS) is 9.95. The van der Waals surface area contributed by atoms with E-state index in [1.54, 1.807) is 42.5 Å². The number of benzene rings is 2. The van der Waals surface area contributed by atoms with E-state index >= 15 is 0 Å². The Balaban J connectivity index is 2.18. The second kappa shape index (κ2) is 6.82. The van der Waals surface area contributed by atoms with Gasteiger partial charge in [0.25, 0.3) is 0 Å². The number of azo groups is 1. The Morgan fingerprint density at radius 1 is 0.762 bits per heavy atom. The van der Waals surface area contributed by atoms with Crippen molar-refractivity contribution in [3.8, 4) is 0 Å². The quantitative estimate of drug-likeness (QED) is 0.473. The minimum absolute atomic E-state index is 0.510. The van der Waals surface area contributed by atoms with Crippen LogP contribution in [0.3, 0.4) is 0 Å². The third kappa shape index (κ3) is 3.88. The molecule has 0 bridgehead atoms. The molecular formula is C15H10N4O2. The second-order valence-corrected chi connectivity index (χ2v) is 4.09. The van der Waals surface area contributed by atoms with Crippen LogP contribution in [-0.2, 0) is 9.59 Å². The Labute approximate surface area is 120 Å². The van der Waals surface area contributed by atoms with Gasteiger partial charge >= 0.3 is 0 Å². The lowest BCUT2D eigenvalue weighted by Gasteiger charge is -1.99. The molecule has 0 aromatic heterocycles. The summed E-state index contributed by atoms with van der Waals surface area (Å²) in [6, 6.07) is 11.8. The molecule has 0 aliphatic rings. The van der Waals surface area contributed by atoms with Crippen LogP contribution in [-0.4, -0.2) is 12.2 Å². The maximum atomic E-state index is 10.2. The fraction of sp³-hybridized carbons (Fsp3) is 0.0667. The Bertz CT molecular complexity index is 769. The number of isocyanates is 2. The second-order valence-electron chi connectivity index (χ2n) is 4.09. The molecule has 0 spiro atoms. The summed E-state index contributed by atoms with van der Waals surface area (Å²) in [6.07, 6.45) is 2.97. The average Bonchev–Trinajstić information content (AvgIpc) is 2.49. The fourth-order valence-electron chi connectivity index (χ4n) is 1.64. The number of carbonyl (C=O) groups excluding carboxylic acids is 2. The monoisotopic (exact) mass is 278 g/mol. The van der Waals surface area contributed by atoms with Crippen LogP contribution in [0.4, 0.5) is 22.7 Å². The van der Waals surface area contributed by atoms with Gasteiger partial charge in [-0.05, 0) is 55.0 Å². The minimum atomic E-state index is 0.510. The summed E-state index contributed by atoms with van der Waals surface area (Å²) in [4.78, 5) is 27.4. The lowest BCUT2D eigenvalue weighted by molar-refractivity contribution is 0.564. The molecule has 102 valence electrons. The van der Waals surface area contributed by atoms with Gasteiger partial charge in [-0.2, -0.15) is 20.2 Å². The van der Waals surface area contributed by atoms with E-state index in [9.17, 15) is 9.59 Å². The molecule has 0 aliphatic carbocycles. The van der Waals surface area contributed by atoms with E-state index in [4.69, 9.17) is 0 Å². The van der Waals surface area contributed by atoms with Crippen LogP contribution in [0, 0.1) is 6.92 Å². The topological polar surface area (TPSA) is 83.6 Å². The predicted octanol–water partition coefficient (Wildman–Crippen LogP) is 4.35. The van der Waals surface area contributed by atoms with Gasteiger partial charge < -0.3 is 0 Å². The number of nitrogens with zero attached hydrogens (tertiary/aromatic N) is 4. The molecule has 21 heavy (non-hydrogen) atoms. The largest absolute Gasteiger partial charge is 0.240 e. The molecule has 6 nitrogen and oxygen atoms in total. The van der Waals surface area contributed by atoms with Crippen LogP contribution >= 0.6 is 0 Å². The molecule has 0 fully saturated rings. The first-order valence-electron chi connectivity index (χ1n) is 6.01. The first kappa shape index (κ1) is 14.2. The molecule has 6 heteroatoms. The van der Waals surface area contributed by atoms with Gasteiger partial charge in [-0.3, -0.25) is 0 Å². The third-order valence-corrected chi connectivity index (χ3v) is 2.65. The van der Waals surface area contributed by atoms with Gasteiger partial charge in [-0.1, -0.05) is 0 Å². The SMILES string of the molecule is Cc1cc(/N=N/c2ccc(N=C=O)cc2)ccc1N=C=O. The van der Waals surface area contributed by atoms with E-state index in [0.717, 1.165) is 5.56 Å². The zero-order valence-corrected chi connectivity index (χ0v) is 11.1. The molecule has 2 aromatic rings. The maximum absolute atomic E-state index is 10.2. The van der Waals surface area contributed by atoms with Crippen LogP contribution < -0.4 is 0 Å². The van der Waals surface area contributed by atoms with E-state index in [1.807, 2.05) is 6.92 Å². The van der Waals surface area contributed by atoms with Crippen LogP contribution in [0.25, 0.3) is 0 Å². The fourth-order valence-corrected chi connectivity index (χ4v) is 1.64. The highest BCUT2D eigenvalue weighted by Gasteiger charge is 1.98. The van der Waals surface area contributed by atoms with Gasteiger partial charge in [0.05, 0.1) is 22.7 Å². The van der Waals surface area contributed by atoms with E-state index in [-0.39, 0.29) is 0 Å². The standard InChI is InChI=1S/C15H10N4O2/c1-11-8-14(6-7-15(11)17-10-21)19-18-13-4-2-12(3-5-13)16-9-20/h2-8H,1H3/b19-18+. The Kier molecular flexibility index (Phi) is 4.62. The van der Waals surface area contributed by atoms with Crippen molar-refractivity contribution in [1.29, 1.82) is 0 Å². The summed E-state index contributed by atoms with van der Waals surface area (Å²) < 4.78 is 0. The van der Waals surface area contributed by atoms with Crippen LogP contribution in [0.1, 0.15) is 5.56 Å². The molecule has 0 N–H and O–H groups in total. The molecule has 2 rings (SSSR count). The summed E-state index contributed by atoms with van der Waals surface area (Å²) in [5.74, 6) is 0. The first-order valence-corrected chi connectivity index (χ1v) is 6.01. The summed E-state index contributed by atoms with van der Waals surface area (Å²) >= 11 is 0. The smallest absolute Gasteiger partial charge is 0.211 e. The van der Waals surface area contributed by atoms with E-state index in [1.165, 1.54) is 12.2 Å². The Hall–Kier alpha value is -3.20. The lowest BCUT2D eigenvalue weighted by Crippen LogP contribution is -1.73. The minimum Gasteiger partial charge on any atom is -0.211 e. The summed E-state index contributed by atoms with van der Waals surface area (Å²) in [7, 11) is 0. The molecule has 2 aromatic carbocycles. The van der Waals surface area contributed by atoms with Gasteiger partial charge in [-0.15, -0.1) is 0 Å². The van der Waals surface area contributed by atoms with Crippen molar-refractivity contribution in [3.63, 3.8) is 0 Å². The average molecular weight is 278 g/mol. The number of aliphatic imine (C=N–C) groups is 2. The zero-order valence-electron chi connectivity index (χ0n) is 11.1. The lowest BCUT2D eigenvalue weighted by atomic mass is 10.2. The van der Waals surface area contributed by atoms with Crippen LogP contribution in [0.2, 0.25) is 0 Å². The highest BCUT2D eigenvalue weighted by molar-refractivity contribution is 5.58. The van der Waals surface area contributed by atoms with Gasteiger partial charge in [0, 0.05) is 0 Å². The third-order valence-electron chi connectivity index (χ3n) is 2.65. The van der Waals surface area contributed by atoms with E-state index in [2.05, 4.69) is 20.2 Å². The molecule has 0 saturated heterocycles.